The largest absolute Gasteiger partial charge is 0.573 e. The van der Waals surface area contributed by atoms with Crippen LogP contribution in [0.1, 0.15) is 25.3 Å². The molecule has 4 nitrogen and oxygen atoms in total. The molecule has 7 heteroatoms. The standard InChI is InChI=1S/C16H21F3N2O2/c1-12-5-4-8-21(10-12)11-15(22)20-9-13-6-2-3-7-14(13)23-16(17,18)19/h2-3,6-7,12H,4-5,8-11H2,1H3,(H,20,22). The summed E-state index contributed by atoms with van der Waals surface area (Å²) in [6.07, 6.45) is -2.51. The summed E-state index contributed by atoms with van der Waals surface area (Å²) in [4.78, 5) is 14.0. The summed E-state index contributed by atoms with van der Waals surface area (Å²) in [5, 5.41) is 2.66. The van der Waals surface area contributed by atoms with E-state index in [9.17, 15) is 18.0 Å². The molecule has 1 atom stereocenters. The highest BCUT2D eigenvalue weighted by Gasteiger charge is 2.32. The number of hydrogen-bond donors (Lipinski definition) is 1. The first-order chi connectivity index (χ1) is 10.8. The van der Waals surface area contributed by atoms with E-state index < -0.39 is 6.36 Å². The van der Waals surface area contributed by atoms with Gasteiger partial charge in [-0.05, 0) is 31.4 Å². The van der Waals surface area contributed by atoms with Crippen LogP contribution in [0.4, 0.5) is 13.2 Å². The fraction of sp³-hybridized carbons (Fsp3) is 0.562. The number of benzene rings is 1. The lowest BCUT2D eigenvalue weighted by molar-refractivity contribution is -0.274. The number of nitrogens with one attached hydrogen (secondary N) is 1. The van der Waals surface area contributed by atoms with Gasteiger partial charge in [-0.25, -0.2) is 0 Å². The number of rotatable bonds is 5. The van der Waals surface area contributed by atoms with Crippen LogP contribution in [-0.2, 0) is 11.3 Å². The Balaban J connectivity index is 1.86. The number of para-hydroxylation sites is 1. The number of alkyl halides is 3. The molecule has 128 valence electrons. The molecule has 1 heterocycles. The van der Waals surface area contributed by atoms with Gasteiger partial charge in [-0.3, -0.25) is 9.69 Å². The second-order valence-corrected chi connectivity index (χ2v) is 5.91. The lowest BCUT2D eigenvalue weighted by atomic mass is 10.0. The SMILES string of the molecule is CC1CCCN(CC(=O)NCc2ccccc2OC(F)(F)F)C1. The molecule has 1 saturated heterocycles. The van der Waals surface area contributed by atoms with Crippen LogP contribution in [0, 0.1) is 5.92 Å². The molecule has 1 aliphatic rings. The maximum absolute atomic E-state index is 12.3. The van der Waals surface area contributed by atoms with Crippen molar-refractivity contribution in [1.29, 1.82) is 0 Å². The average molecular weight is 330 g/mol. The van der Waals surface area contributed by atoms with Gasteiger partial charge in [-0.2, -0.15) is 0 Å². The van der Waals surface area contributed by atoms with Crippen LogP contribution in [0.3, 0.4) is 0 Å². The maximum Gasteiger partial charge on any atom is 0.573 e. The molecule has 0 bridgehead atoms. The lowest BCUT2D eigenvalue weighted by Gasteiger charge is -2.30. The van der Waals surface area contributed by atoms with Crippen LogP contribution in [0.2, 0.25) is 0 Å². The fourth-order valence-corrected chi connectivity index (χ4v) is 2.76. The van der Waals surface area contributed by atoms with Gasteiger partial charge in [0.2, 0.25) is 5.91 Å². The van der Waals surface area contributed by atoms with E-state index in [2.05, 4.69) is 21.9 Å². The third-order valence-electron chi connectivity index (χ3n) is 3.78. The normalized spacial score (nSPS) is 19.4. The third-order valence-corrected chi connectivity index (χ3v) is 3.78. The Kier molecular flexibility index (Phi) is 5.87. The zero-order valence-electron chi connectivity index (χ0n) is 13.0. The number of likely N-dealkylation sites (tertiary alicyclic amines) is 1. The number of amides is 1. The van der Waals surface area contributed by atoms with Crippen molar-refractivity contribution in [3.05, 3.63) is 29.8 Å². The number of halogens is 3. The molecule has 0 aromatic heterocycles. The molecule has 0 aliphatic carbocycles. The average Bonchev–Trinajstić information content (AvgIpc) is 2.45. The van der Waals surface area contributed by atoms with Gasteiger partial charge in [0.05, 0.1) is 6.54 Å². The Morgan fingerprint density at radius 2 is 2.13 bits per heavy atom. The Morgan fingerprint density at radius 1 is 1.39 bits per heavy atom. The fourth-order valence-electron chi connectivity index (χ4n) is 2.76. The monoisotopic (exact) mass is 330 g/mol. The molecule has 1 aliphatic heterocycles. The zero-order valence-corrected chi connectivity index (χ0v) is 13.0. The van der Waals surface area contributed by atoms with E-state index in [1.165, 1.54) is 24.6 Å². The molecule has 0 saturated carbocycles. The minimum absolute atomic E-state index is 0.00841. The maximum atomic E-state index is 12.3. The Hall–Kier alpha value is -1.76. The minimum atomic E-state index is -4.75. The van der Waals surface area contributed by atoms with Crippen LogP contribution in [0.5, 0.6) is 5.75 Å². The van der Waals surface area contributed by atoms with Gasteiger partial charge >= 0.3 is 6.36 Å². The predicted molar refractivity (Wildman–Crippen MR) is 79.8 cm³/mol. The van der Waals surface area contributed by atoms with E-state index in [0.717, 1.165) is 19.5 Å². The number of nitrogens with zero attached hydrogens (tertiary/aromatic N) is 1. The van der Waals surface area contributed by atoms with Gasteiger partial charge in [0.25, 0.3) is 0 Å². The Bertz CT molecular complexity index is 534. The van der Waals surface area contributed by atoms with E-state index in [1.807, 2.05) is 0 Å². The van der Waals surface area contributed by atoms with Gasteiger partial charge in [0.1, 0.15) is 5.75 Å². The molecule has 1 aromatic rings. The molecular formula is C16H21F3N2O2. The molecule has 23 heavy (non-hydrogen) atoms. The van der Waals surface area contributed by atoms with E-state index >= 15 is 0 Å². The molecule has 1 aromatic carbocycles. The van der Waals surface area contributed by atoms with Crippen molar-refractivity contribution >= 4 is 5.91 Å². The summed E-state index contributed by atoms with van der Waals surface area (Å²) in [5.74, 6) is 0.0882. The summed E-state index contributed by atoms with van der Waals surface area (Å²) in [7, 11) is 0. The second-order valence-electron chi connectivity index (χ2n) is 5.91. The van der Waals surface area contributed by atoms with Gasteiger partial charge in [-0.15, -0.1) is 13.2 Å². The molecule has 1 unspecified atom stereocenters. The van der Waals surface area contributed by atoms with E-state index in [1.54, 1.807) is 6.07 Å². The van der Waals surface area contributed by atoms with Crippen molar-refractivity contribution in [1.82, 2.24) is 10.2 Å². The summed E-state index contributed by atoms with van der Waals surface area (Å²) in [6, 6.07) is 5.81. The van der Waals surface area contributed by atoms with Crippen LogP contribution in [0.25, 0.3) is 0 Å². The molecule has 1 N–H and O–H groups in total. The van der Waals surface area contributed by atoms with Crippen molar-refractivity contribution in [2.45, 2.75) is 32.7 Å². The van der Waals surface area contributed by atoms with Gasteiger partial charge in [0, 0.05) is 18.7 Å². The van der Waals surface area contributed by atoms with Crippen LogP contribution >= 0.6 is 0 Å². The lowest BCUT2D eigenvalue weighted by Crippen LogP contribution is -2.41. The first-order valence-corrected chi connectivity index (χ1v) is 7.66. The topological polar surface area (TPSA) is 41.6 Å². The highest BCUT2D eigenvalue weighted by Crippen LogP contribution is 2.26. The summed E-state index contributed by atoms with van der Waals surface area (Å²) < 4.78 is 41.0. The van der Waals surface area contributed by atoms with Crippen molar-refractivity contribution in [2.24, 2.45) is 5.92 Å². The van der Waals surface area contributed by atoms with Gasteiger partial charge in [0.15, 0.2) is 0 Å². The molecular weight excluding hydrogens is 309 g/mol. The highest BCUT2D eigenvalue weighted by atomic mass is 19.4. The third kappa shape index (κ3) is 6.09. The van der Waals surface area contributed by atoms with Gasteiger partial charge in [-0.1, -0.05) is 25.1 Å². The minimum Gasteiger partial charge on any atom is -0.405 e. The van der Waals surface area contributed by atoms with Crippen LogP contribution in [-0.4, -0.2) is 36.8 Å². The van der Waals surface area contributed by atoms with E-state index in [-0.39, 0.29) is 24.7 Å². The molecule has 1 amide bonds. The number of hydrogen-bond acceptors (Lipinski definition) is 3. The quantitative estimate of drug-likeness (QED) is 0.902. The Morgan fingerprint density at radius 3 is 2.83 bits per heavy atom. The van der Waals surface area contributed by atoms with Crippen molar-refractivity contribution in [2.75, 3.05) is 19.6 Å². The first kappa shape index (κ1) is 17.6. The molecule has 2 rings (SSSR count). The molecule has 0 radical (unpaired) electrons. The van der Waals surface area contributed by atoms with E-state index in [4.69, 9.17) is 0 Å². The molecule has 0 spiro atoms. The number of piperidine rings is 1. The van der Waals surface area contributed by atoms with Gasteiger partial charge < -0.3 is 10.1 Å². The summed E-state index contributed by atoms with van der Waals surface area (Å²) >= 11 is 0. The van der Waals surface area contributed by atoms with Crippen molar-refractivity contribution < 1.29 is 22.7 Å². The van der Waals surface area contributed by atoms with Crippen LogP contribution in [0.15, 0.2) is 24.3 Å². The van der Waals surface area contributed by atoms with Crippen molar-refractivity contribution in [3.63, 3.8) is 0 Å². The predicted octanol–water partition coefficient (Wildman–Crippen LogP) is 2.93. The van der Waals surface area contributed by atoms with E-state index in [0.29, 0.717) is 11.5 Å². The number of carbonyl (C=O) groups is 1. The van der Waals surface area contributed by atoms with Crippen molar-refractivity contribution in [3.8, 4) is 5.75 Å². The Labute approximate surface area is 133 Å². The second kappa shape index (κ2) is 7.68. The molecule has 1 fully saturated rings. The smallest absolute Gasteiger partial charge is 0.405 e. The number of carbonyl (C=O) groups excluding carboxylic acids is 1. The highest BCUT2D eigenvalue weighted by molar-refractivity contribution is 5.78. The summed E-state index contributed by atoms with van der Waals surface area (Å²) in [5.41, 5.74) is 0.296. The zero-order chi connectivity index (χ0) is 16.9. The number of ether oxygens (including phenoxy) is 1. The van der Waals surface area contributed by atoms with Crippen LogP contribution < -0.4 is 10.1 Å². The summed E-state index contributed by atoms with van der Waals surface area (Å²) in [6.45, 7) is 4.18. The first-order valence-electron chi connectivity index (χ1n) is 7.66.